The second-order valence-electron chi connectivity index (χ2n) is 5.11. The van der Waals surface area contributed by atoms with Gasteiger partial charge in [0.2, 0.25) is 0 Å². The third-order valence-electron chi connectivity index (χ3n) is 3.26. The van der Waals surface area contributed by atoms with Crippen molar-refractivity contribution in [1.82, 2.24) is 25.2 Å². The fourth-order valence-electron chi connectivity index (χ4n) is 1.97. The predicted octanol–water partition coefficient (Wildman–Crippen LogP) is 2.10. The molecule has 22 heavy (non-hydrogen) atoms. The highest BCUT2D eigenvalue weighted by atomic mass is 127. The zero-order valence-corrected chi connectivity index (χ0v) is 14.9. The molecule has 1 fully saturated rings. The number of hydrogen-bond acceptors (Lipinski definition) is 3. The molecule has 1 saturated carbocycles. The number of nitrogens with zero attached hydrogens (tertiary/aromatic N) is 4. The van der Waals surface area contributed by atoms with Crippen LogP contribution in [-0.2, 0) is 6.54 Å². The van der Waals surface area contributed by atoms with E-state index in [0.29, 0.717) is 12.6 Å². The molecular formula is C15H21IN6. The van der Waals surface area contributed by atoms with Crippen LogP contribution in [-0.4, -0.2) is 33.1 Å². The lowest BCUT2D eigenvalue weighted by atomic mass is 10.3. The van der Waals surface area contributed by atoms with Gasteiger partial charge in [-0.05, 0) is 31.4 Å². The minimum absolute atomic E-state index is 0. The maximum absolute atomic E-state index is 4.59. The fourth-order valence-corrected chi connectivity index (χ4v) is 1.97. The van der Waals surface area contributed by atoms with Crippen LogP contribution < -0.4 is 10.6 Å². The van der Waals surface area contributed by atoms with Crippen LogP contribution in [0, 0.1) is 0 Å². The monoisotopic (exact) mass is 412 g/mol. The second kappa shape index (κ2) is 8.11. The SMILES string of the molecule is CCNC(=NCc1ccc(-n2ccnc2)nc1)NC1CC1.I. The molecule has 0 bridgehead atoms. The van der Waals surface area contributed by atoms with E-state index >= 15 is 0 Å². The Bertz CT molecular complexity index is 589. The third kappa shape index (κ3) is 4.69. The number of aliphatic imine (C=N–C) groups is 1. The molecule has 2 aromatic rings. The van der Waals surface area contributed by atoms with Crippen molar-refractivity contribution in [2.75, 3.05) is 6.54 Å². The van der Waals surface area contributed by atoms with Gasteiger partial charge in [-0.15, -0.1) is 24.0 Å². The van der Waals surface area contributed by atoms with Gasteiger partial charge in [0.25, 0.3) is 0 Å². The first-order valence-electron chi connectivity index (χ1n) is 7.33. The van der Waals surface area contributed by atoms with E-state index in [2.05, 4.69) is 32.5 Å². The topological polar surface area (TPSA) is 67.1 Å². The van der Waals surface area contributed by atoms with Crippen molar-refractivity contribution in [2.45, 2.75) is 32.4 Å². The number of pyridine rings is 1. The first-order chi connectivity index (χ1) is 10.3. The summed E-state index contributed by atoms with van der Waals surface area (Å²) in [5.41, 5.74) is 1.09. The van der Waals surface area contributed by atoms with E-state index in [0.717, 1.165) is 23.9 Å². The van der Waals surface area contributed by atoms with Crippen molar-refractivity contribution in [2.24, 2.45) is 4.99 Å². The van der Waals surface area contributed by atoms with Crippen molar-refractivity contribution in [1.29, 1.82) is 0 Å². The molecular weight excluding hydrogens is 391 g/mol. The lowest BCUT2D eigenvalue weighted by Crippen LogP contribution is -2.38. The van der Waals surface area contributed by atoms with Crippen LogP contribution in [0.25, 0.3) is 5.82 Å². The molecule has 3 rings (SSSR count). The van der Waals surface area contributed by atoms with Gasteiger partial charge in [0.05, 0.1) is 6.54 Å². The number of hydrogen-bond donors (Lipinski definition) is 2. The summed E-state index contributed by atoms with van der Waals surface area (Å²) in [7, 11) is 0. The molecule has 7 heteroatoms. The molecule has 6 nitrogen and oxygen atoms in total. The Balaban J connectivity index is 0.00000176. The van der Waals surface area contributed by atoms with Gasteiger partial charge in [-0.2, -0.15) is 0 Å². The Hall–Kier alpha value is -1.64. The van der Waals surface area contributed by atoms with E-state index in [4.69, 9.17) is 0 Å². The normalized spacial score (nSPS) is 14.3. The summed E-state index contributed by atoms with van der Waals surface area (Å²) in [6.45, 7) is 3.57. The average molecular weight is 412 g/mol. The number of guanidine groups is 1. The summed E-state index contributed by atoms with van der Waals surface area (Å²) in [5, 5.41) is 6.67. The Morgan fingerprint density at radius 3 is 2.86 bits per heavy atom. The maximum Gasteiger partial charge on any atom is 0.191 e. The van der Waals surface area contributed by atoms with E-state index in [9.17, 15) is 0 Å². The summed E-state index contributed by atoms with van der Waals surface area (Å²) in [6.07, 6.45) is 9.70. The van der Waals surface area contributed by atoms with Gasteiger partial charge in [0.1, 0.15) is 12.1 Å². The van der Waals surface area contributed by atoms with Crippen molar-refractivity contribution in [3.63, 3.8) is 0 Å². The van der Waals surface area contributed by atoms with Gasteiger partial charge in [0.15, 0.2) is 5.96 Å². The highest BCUT2D eigenvalue weighted by Crippen LogP contribution is 2.18. The first-order valence-corrected chi connectivity index (χ1v) is 7.33. The average Bonchev–Trinajstić information content (AvgIpc) is 3.16. The van der Waals surface area contributed by atoms with Crippen molar-refractivity contribution >= 4 is 29.9 Å². The zero-order valence-electron chi connectivity index (χ0n) is 12.6. The Morgan fingerprint density at radius 2 is 2.27 bits per heavy atom. The van der Waals surface area contributed by atoms with Gasteiger partial charge < -0.3 is 10.6 Å². The molecule has 118 valence electrons. The summed E-state index contributed by atoms with van der Waals surface area (Å²) < 4.78 is 1.88. The lowest BCUT2D eigenvalue weighted by molar-refractivity contribution is 0.811. The molecule has 1 aliphatic rings. The Morgan fingerprint density at radius 1 is 1.41 bits per heavy atom. The van der Waals surface area contributed by atoms with Crippen LogP contribution in [0.4, 0.5) is 0 Å². The highest BCUT2D eigenvalue weighted by molar-refractivity contribution is 14.0. The molecule has 0 spiro atoms. The van der Waals surface area contributed by atoms with E-state index in [1.807, 2.05) is 29.1 Å². The minimum Gasteiger partial charge on any atom is -0.357 e. The number of halogens is 1. The summed E-state index contributed by atoms with van der Waals surface area (Å²) in [4.78, 5) is 13.0. The van der Waals surface area contributed by atoms with E-state index < -0.39 is 0 Å². The van der Waals surface area contributed by atoms with Gasteiger partial charge in [-0.25, -0.2) is 15.0 Å². The van der Waals surface area contributed by atoms with Crippen LogP contribution >= 0.6 is 24.0 Å². The number of imidazole rings is 1. The van der Waals surface area contributed by atoms with Crippen LogP contribution in [0.15, 0.2) is 42.0 Å². The summed E-state index contributed by atoms with van der Waals surface area (Å²) >= 11 is 0. The molecule has 2 heterocycles. The largest absolute Gasteiger partial charge is 0.357 e. The predicted molar refractivity (Wildman–Crippen MR) is 97.7 cm³/mol. The van der Waals surface area contributed by atoms with Crippen LogP contribution in [0.2, 0.25) is 0 Å². The van der Waals surface area contributed by atoms with Crippen molar-refractivity contribution in [3.05, 3.63) is 42.6 Å². The zero-order chi connectivity index (χ0) is 14.5. The quantitative estimate of drug-likeness (QED) is 0.449. The third-order valence-corrected chi connectivity index (χ3v) is 3.26. The number of rotatable bonds is 5. The molecule has 0 aliphatic heterocycles. The Kier molecular flexibility index (Phi) is 6.17. The van der Waals surface area contributed by atoms with Crippen molar-refractivity contribution < 1.29 is 0 Å². The number of aromatic nitrogens is 3. The van der Waals surface area contributed by atoms with Crippen molar-refractivity contribution in [3.8, 4) is 5.82 Å². The smallest absolute Gasteiger partial charge is 0.191 e. The van der Waals surface area contributed by atoms with E-state index in [1.165, 1.54) is 12.8 Å². The molecule has 0 saturated heterocycles. The van der Waals surface area contributed by atoms with Gasteiger partial charge >= 0.3 is 0 Å². The van der Waals surface area contributed by atoms with Gasteiger partial charge in [-0.3, -0.25) is 4.57 Å². The van der Waals surface area contributed by atoms with Crippen LogP contribution in [0.1, 0.15) is 25.3 Å². The lowest BCUT2D eigenvalue weighted by Gasteiger charge is -2.10. The molecule has 0 radical (unpaired) electrons. The molecule has 0 aromatic carbocycles. The first kappa shape index (κ1) is 16.7. The molecule has 0 atom stereocenters. The van der Waals surface area contributed by atoms with Gasteiger partial charge in [0, 0.05) is 31.2 Å². The van der Waals surface area contributed by atoms with Gasteiger partial charge in [-0.1, -0.05) is 6.07 Å². The molecule has 1 aliphatic carbocycles. The molecule has 2 aromatic heterocycles. The highest BCUT2D eigenvalue weighted by Gasteiger charge is 2.21. The summed E-state index contributed by atoms with van der Waals surface area (Å²) in [5.74, 6) is 1.75. The van der Waals surface area contributed by atoms with Crippen LogP contribution in [0.5, 0.6) is 0 Å². The van der Waals surface area contributed by atoms with E-state index in [-0.39, 0.29) is 24.0 Å². The maximum atomic E-state index is 4.59. The Labute approximate surface area is 147 Å². The fraction of sp³-hybridized carbons (Fsp3) is 0.400. The van der Waals surface area contributed by atoms with Crippen LogP contribution in [0.3, 0.4) is 0 Å². The van der Waals surface area contributed by atoms with E-state index in [1.54, 1.807) is 12.5 Å². The molecule has 2 N–H and O–H groups in total. The minimum atomic E-state index is 0. The standard InChI is InChI=1S/C15H20N6.HI/c1-2-17-15(20-13-4-5-13)19-10-12-3-6-14(18-9-12)21-8-7-16-11-21;/h3,6-9,11,13H,2,4-5,10H2,1H3,(H2,17,19,20);1H. The second-order valence-corrected chi connectivity index (χ2v) is 5.11. The molecule has 0 unspecified atom stereocenters. The number of nitrogens with one attached hydrogen (secondary N) is 2. The summed E-state index contributed by atoms with van der Waals surface area (Å²) in [6, 6.07) is 4.63. The molecule has 0 amide bonds.